The highest BCUT2D eigenvalue weighted by Gasteiger charge is 2.30. The van der Waals surface area contributed by atoms with E-state index in [1.54, 1.807) is 24.9 Å². The molecule has 26 heavy (non-hydrogen) atoms. The normalized spacial score (nSPS) is 19.3. The van der Waals surface area contributed by atoms with Crippen LogP contribution in [0.5, 0.6) is 11.5 Å². The molecule has 1 aliphatic heterocycles. The smallest absolute Gasteiger partial charge is 0.321 e. The Hall–Kier alpha value is -1.89. The minimum atomic E-state index is -0.824. The number of nitrogens with one attached hydrogen (secondary N) is 1. The second-order valence-corrected chi connectivity index (χ2v) is 7.62. The number of ether oxygens (including phenoxy) is 2. The summed E-state index contributed by atoms with van der Waals surface area (Å²) in [7, 11) is 1.62. The van der Waals surface area contributed by atoms with Crippen molar-refractivity contribution in [1.29, 1.82) is 0 Å². The van der Waals surface area contributed by atoms with Gasteiger partial charge in [0.1, 0.15) is 24.1 Å². The van der Waals surface area contributed by atoms with Crippen molar-refractivity contribution in [2.24, 2.45) is 0 Å². The minimum Gasteiger partial charge on any atom is -0.496 e. The lowest BCUT2D eigenvalue weighted by molar-refractivity contribution is -0.138. The van der Waals surface area contributed by atoms with Crippen LogP contribution in [0, 0.1) is 6.92 Å². The number of hydrogen-bond acceptors (Lipinski definition) is 5. The third-order valence-corrected chi connectivity index (χ3v) is 5.71. The highest BCUT2D eigenvalue weighted by molar-refractivity contribution is 7.99. The molecule has 2 aromatic carbocycles. The van der Waals surface area contributed by atoms with Gasteiger partial charge >= 0.3 is 5.97 Å². The monoisotopic (exact) mass is 393 g/mol. The Balaban J connectivity index is 1.76. The molecule has 0 radical (unpaired) electrons. The molecule has 1 saturated heterocycles. The van der Waals surface area contributed by atoms with Gasteiger partial charge in [-0.05, 0) is 48.4 Å². The van der Waals surface area contributed by atoms with Crippen LogP contribution in [0.15, 0.2) is 36.4 Å². The van der Waals surface area contributed by atoms with Gasteiger partial charge in [-0.3, -0.25) is 10.1 Å². The van der Waals surface area contributed by atoms with E-state index in [-0.39, 0.29) is 5.37 Å². The van der Waals surface area contributed by atoms with Crippen LogP contribution in [-0.2, 0) is 11.4 Å². The number of carbonyl (C=O) groups is 1. The van der Waals surface area contributed by atoms with E-state index in [1.807, 2.05) is 37.3 Å². The summed E-state index contributed by atoms with van der Waals surface area (Å²) in [5, 5.41) is 12.9. The highest BCUT2D eigenvalue weighted by Crippen LogP contribution is 2.35. The fourth-order valence-corrected chi connectivity index (χ4v) is 4.26. The second kappa shape index (κ2) is 8.20. The van der Waals surface area contributed by atoms with Crippen LogP contribution < -0.4 is 14.8 Å². The van der Waals surface area contributed by atoms with Gasteiger partial charge in [-0.2, -0.15) is 0 Å². The van der Waals surface area contributed by atoms with Crippen LogP contribution in [0.2, 0.25) is 5.02 Å². The van der Waals surface area contributed by atoms with E-state index in [9.17, 15) is 4.79 Å². The molecule has 2 aromatic rings. The van der Waals surface area contributed by atoms with Crippen LogP contribution in [0.4, 0.5) is 0 Å². The Bertz CT molecular complexity index is 814. The predicted molar refractivity (Wildman–Crippen MR) is 103 cm³/mol. The number of carboxylic acids is 1. The quantitative estimate of drug-likeness (QED) is 0.772. The molecule has 1 aliphatic rings. The van der Waals surface area contributed by atoms with Gasteiger partial charge in [0.05, 0.1) is 12.5 Å². The van der Waals surface area contributed by atoms with Gasteiger partial charge in [0.2, 0.25) is 0 Å². The number of aliphatic carboxylic acids is 1. The number of benzene rings is 2. The van der Waals surface area contributed by atoms with Crippen LogP contribution in [0.1, 0.15) is 22.1 Å². The lowest BCUT2D eigenvalue weighted by Gasteiger charge is -2.16. The first kappa shape index (κ1) is 18.9. The third-order valence-electron chi connectivity index (χ3n) is 4.21. The lowest BCUT2D eigenvalue weighted by Crippen LogP contribution is -2.33. The zero-order chi connectivity index (χ0) is 18.7. The maximum Gasteiger partial charge on any atom is 0.321 e. The molecular weight excluding hydrogens is 374 g/mol. The van der Waals surface area contributed by atoms with E-state index in [4.69, 9.17) is 26.2 Å². The number of thioether (sulfide) groups is 1. The van der Waals surface area contributed by atoms with Crippen molar-refractivity contribution in [3.05, 3.63) is 58.1 Å². The van der Waals surface area contributed by atoms with Crippen molar-refractivity contribution in [2.45, 2.75) is 24.9 Å². The second-order valence-electron chi connectivity index (χ2n) is 6.04. The number of methoxy groups -OCH3 is 1. The van der Waals surface area contributed by atoms with Gasteiger partial charge in [-0.15, -0.1) is 11.8 Å². The molecule has 0 amide bonds. The third kappa shape index (κ3) is 4.26. The van der Waals surface area contributed by atoms with Crippen LogP contribution in [0.3, 0.4) is 0 Å². The van der Waals surface area contributed by atoms with Crippen molar-refractivity contribution >= 4 is 29.3 Å². The summed E-state index contributed by atoms with van der Waals surface area (Å²) in [6.07, 6.45) is 0. The summed E-state index contributed by atoms with van der Waals surface area (Å²) in [5.74, 6) is 1.22. The van der Waals surface area contributed by atoms with Crippen molar-refractivity contribution in [3.8, 4) is 11.5 Å². The van der Waals surface area contributed by atoms with E-state index < -0.39 is 12.0 Å². The molecule has 7 heteroatoms. The van der Waals surface area contributed by atoms with Gasteiger partial charge in [0.25, 0.3) is 0 Å². The van der Waals surface area contributed by atoms with Crippen LogP contribution in [-0.4, -0.2) is 30.0 Å². The van der Waals surface area contributed by atoms with Gasteiger partial charge in [0, 0.05) is 16.3 Å². The average Bonchev–Trinajstić information content (AvgIpc) is 3.11. The zero-order valence-corrected chi connectivity index (χ0v) is 16.1. The van der Waals surface area contributed by atoms with Crippen molar-refractivity contribution in [2.75, 3.05) is 12.9 Å². The Labute approximate surface area is 161 Å². The Morgan fingerprint density at radius 3 is 2.73 bits per heavy atom. The van der Waals surface area contributed by atoms with Gasteiger partial charge < -0.3 is 14.6 Å². The van der Waals surface area contributed by atoms with E-state index in [0.29, 0.717) is 17.4 Å². The summed E-state index contributed by atoms with van der Waals surface area (Å²) < 4.78 is 11.4. The molecule has 3 rings (SSSR count). The van der Waals surface area contributed by atoms with Gasteiger partial charge in [-0.1, -0.05) is 17.7 Å². The molecular formula is C19H20ClNO4S. The highest BCUT2D eigenvalue weighted by atomic mass is 35.5. The summed E-state index contributed by atoms with van der Waals surface area (Å²) in [6, 6.07) is 10.8. The molecule has 0 aliphatic carbocycles. The minimum absolute atomic E-state index is 0.0574. The summed E-state index contributed by atoms with van der Waals surface area (Å²) >= 11 is 7.57. The van der Waals surface area contributed by atoms with Crippen molar-refractivity contribution in [3.63, 3.8) is 0 Å². The van der Waals surface area contributed by atoms with E-state index in [2.05, 4.69) is 5.32 Å². The predicted octanol–water partition coefficient (Wildman–Crippen LogP) is 4.02. The summed E-state index contributed by atoms with van der Waals surface area (Å²) in [4.78, 5) is 11.1. The summed E-state index contributed by atoms with van der Waals surface area (Å²) in [6.45, 7) is 2.29. The molecule has 2 atom stereocenters. The number of rotatable bonds is 6. The Kier molecular flexibility index (Phi) is 5.96. The van der Waals surface area contributed by atoms with Gasteiger partial charge in [-0.25, -0.2) is 0 Å². The SMILES string of the molecule is COc1ccc([C@@H]2N[C@H](C(=O)O)CS2)cc1COc1ccc(Cl)cc1C. The largest absolute Gasteiger partial charge is 0.496 e. The Morgan fingerprint density at radius 1 is 1.31 bits per heavy atom. The summed E-state index contributed by atoms with van der Waals surface area (Å²) in [5.41, 5.74) is 2.87. The molecule has 2 N–H and O–H groups in total. The fraction of sp³-hybridized carbons (Fsp3) is 0.316. The van der Waals surface area contributed by atoms with Crippen LogP contribution in [0.25, 0.3) is 0 Å². The van der Waals surface area contributed by atoms with E-state index >= 15 is 0 Å². The first-order valence-electron chi connectivity index (χ1n) is 8.14. The molecule has 5 nitrogen and oxygen atoms in total. The first-order chi connectivity index (χ1) is 12.5. The molecule has 0 unspecified atom stereocenters. The Morgan fingerprint density at radius 2 is 2.08 bits per heavy atom. The van der Waals surface area contributed by atoms with Crippen molar-refractivity contribution in [1.82, 2.24) is 5.32 Å². The molecule has 0 bridgehead atoms. The van der Waals surface area contributed by atoms with Gasteiger partial charge in [0.15, 0.2) is 0 Å². The number of hydrogen-bond donors (Lipinski definition) is 2. The zero-order valence-electron chi connectivity index (χ0n) is 14.5. The number of aryl methyl sites for hydroxylation is 1. The molecule has 138 valence electrons. The number of carboxylic acid groups (broad SMARTS) is 1. The molecule has 1 heterocycles. The fourth-order valence-electron chi connectivity index (χ4n) is 2.81. The van der Waals surface area contributed by atoms with Crippen LogP contribution >= 0.6 is 23.4 Å². The molecule has 0 saturated carbocycles. The molecule has 0 spiro atoms. The van der Waals surface area contributed by atoms with E-state index in [0.717, 1.165) is 28.2 Å². The number of halogens is 1. The maximum atomic E-state index is 11.1. The lowest BCUT2D eigenvalue weighted by atomic mass is 10.1. The first-order valence-corrected chi connectivity index (χ1v) is 9.57. The molecule has 1 fully saturated rings. The topological polar surface area (TPSA) is 67.8 Å². The maximum absolute atomic E-state index is 11.1. The standard InChI is InChI=1S/C19H20ClNO4S/c1-11-7-14(20)4-6-16(11)25-9-13-8-12(3-5-17(13)24-2)18-21-15(10-26-18)19(22)23/h3-8,15,18,21H,9-10H2,1-2H3,(H,22,23)/t15-,18+/m0/s1. The molecule has 0 aromatic heterocycles. The average molecular weight is 394 g/mol. The van der Waals surface area contributed by atoms with Crippen molar-refractivity contribution < 1.29 is 19.4 Å². The van der Waals surface area contributed by atoms with E-state index in [1.165, 1.54) is 0 Å².